The molecule has 1 nitrogen and oxygen atoms in total. The van der Waals surface area contributed by atoms with E-state index in [0.717, 1.165) is 6.54 Å². The monoisotopic (exact) mass is 143 g/mol. The second kappa shape index (κ2) is 9.74. The molecule has 0 aliphatic carbocycles. The highest BCUT2D eigenvalue weighted by atomic mass is 35.5. The fraction of sp³-hybridized carbons (Fsp3) is 1.00. The normalized spacial score (nSPS) is 7.71. The molecule has 0 fully saturated rings. The van der Waals surface area contributed by atoms with E-state index in [4.69, 9.17) is 11.8 Å². The summed E-state index contributed by atoms with van der Waals surface area (Å²) in [4.78, 5) is 2.54. The quantitative estimate of drug-likeness (QED) is 0.471. The van der Waals surface area contributed by atoms with Gasteiger partial charge >= 0.3 is 0 Å². The average Bonchev–Trinajstić information content (AvgIpc) is 1.61. The fourth-order valence-electron chi connectivity index (χ4n) is 0.244. The fourth-order valence-corrected chi connectivity index (χ4v) is 0.377. The van der Waals surface area contributed by atoms with Crippen LogP contribution < -0.4 is 4.84 Å². The number of hydrogen-bond donors (Lipinski definition) is 1. The van der Waals surface area contributed by atoms with Crippen molar-refractivity contribution in [3.63, 3.8) is 0 Å². The van der Waals surface area contributed by atoms with E-state index in [1.807, 2.05) is 0 Å². The van der Waals surface area contributed by atoms with Gasteiger partial charge in [0.2, 0.25) is 0 Å². The molecule has 0 radical (unpaired) electrons. The maximum atomic E-state index is 5.13. The van der Waals surface area contributed by atoms with E-state index in [-0.39, 0.29) is 12.4 Å². The van der Waals surface area contributed by atoms with E-state index in [1.54, 1.807) is 0 Å². The molecule has 1 N–H and O–H groups in total. The first-order valence-corrected chi connectivity index (χ1v) is 2.63. The van der Waals surface area contributed by atoms with Gasteiger partial charge in [0.15, 0.2) is 0 Å². The minimum atomic E-state index is 0. The SMILES string of the molecule is CCCCNCl.Cl. The van der Waals surface area contributed by atoms with Crippen LogP contribution in [0.2, 0.25) is 0 Å². The van der Waals surface area contributed by atoms with Crippen molar-refractivity contribution in [2.75, 3.05) is 6.54 Å². The highest BCUT2D eigenvalue weighted by molar-refractivity contribution is 6.13. The van der Waals surface area contributed by atoms with Crippen LogP contribution in [0.3, 0.4) is 0 Å². The Morgan fingerprint density at radius 1 is 1.57 bits per heavy atom. The van der Waals surface area contributed by atoms with Crippen LogP contribution in [0.5, 0.6) is 0 Å². The summed E-state index contributed by atoms with van der Waals surface area (Å²) in [7, 11) is 0. The van der Waals surface area contributed by atoms with Crippen LogP contribution in [0.25, 0.3) is 0 Å². The van der Waals surface area contributed by atoms with Crippen LogP contribution in [-0.4, -0.2) is 6.54 Å². The molecule has 0 atom stereocenters. The van der Waals surface area contributed by atoms with Crippen molar-refractivity contribution in [3.8, 4) is 0 Å². The lowest BCUT2D eigenvalue weighted by Crippen LogP contribution is -1.98. The summed E-state index contributed by atoms with van der Waals surface area (Å²) in [6.07, 6.45) is 2.38. The Kier molecular flexibility index (Phi) is 14.6. The maximum absolute atomic E-state index is 5.13. The Labute approximate surface area is 56.0 Å². The lowest BCUT2D eigenvalue weighted by atomic mass is 10.3. The smallest absolute Gasteiger partial charge is 0.0108 e. The van der Waals surface area contributed by atoms with Crippen LogP contribution in [0.1, 0.15) is 19.8 Å². The Morgan fingerprint density at radius 3 is 2.29 bits per heavy atom. The third-order valence-electron chi connectivity index (χ3n) is 0.625. The summed E-state index contributed by atoms with van der Waals surface area (Å²) in [5, 5.41) is 0. The molecule has 7 heavy (non-hydrogen) atoms. The molecule has 0 aromatic rings. The van der Waals surface area contributed by atoms with Crippen LogP contribution in [0.4, 0.5) is 0 Å². The number of halogens is 2. The molecule has 0 rings (SSSR count). The van der Waals surface area contributed by atoms with Crippen molar-refractivity contribution in [1.29, 1.82) is 0 Å². The number of unbranched alkanes of at least 4 members (excludes halogenated alkanes) is 1. The third kappa shape index (κ3) is 10.8. The number of rotatable bonds is 3. The predicted octanol–water partition coefficient (Wildman–Crippen LogP) is 1.95. The third-order valence-corrected chi connectivity index (χ3v) is 0.814. The van der Waals surface area contributed by atoms with E-state index in [9.17, 15) is 0 Å². The van der Waals surface area contributed by atoms with Gasteiger partial charge in [-0.1, -0.05) is 13.3 Å². The molecule has 0 aromatic carbocycles. The lowest BCUT2D eigenvalue weighted by molar-refractivity contribution is 0.771. The first-order valence-electron chi connectivity index (χ1n) is 2.25. The molecule has 0 aliphatic heterocycles. The van der Waals surface area contributed by atoms with Gasteiger partial charge in [0.1, 0.15) is 0 Å². The lowest BCUT2D eigenvalue weighted by Gasteiger charge is -1.87. The Balaban J connectivity index is 0. The minimum Gasteiger partial charge on any atom is -0.234 e. The second-order valence-corrected chi connectivity index (χ2v) is 1.50. The summed E-state index contributed by atoms with van der Waals surface area (Å²) < 4.78 is 0. The zero-order chi connectivity index (χ0) is 4.83. The molecule has 0 amide bonds. The first-order chi connectivity index (χ1) is 2.91. The second-order valence-electron chi connectivity index (χ2n) is 1.24. The Hall–Kier alpha value is 0.540. The van der Waals surface area contributed by atoms with Gasteiger partial charge in [0.05, 0.1) is 0 Å². The van der Waals surface area contributed by atoms with Gasteiger partial charge in [-0.25, -0.2) is 4.84 Å². The summed E-state index contributed by atoms with van der Waals surface area (Å²) >= 11 is 5.13. The van der Waals surface area contributed by atoms with E-state index >= 15 is 0 Å². The van der Waals surface area contributed by atoms with E-state index in [1.165, 1.54) is 12.8 Å². The van der Waals surface area contributed by atoms with E-state index < -0.39 is 0 Å². The van der Waals surface area contributed by atoms with Crippen molar-refractivity contribution >= 4 is 24.2 Å². The van der Waals surface area contributed by atoms with Crippen molar-refractivity contribution in [1.82, 2.24) is 4.84 Å². The first kappa shape index (κ1) is 10.5. The molecule has 0 heterocycles. The van der Waals surface area contributed by atoms with Crippen LogP contribution >= 0.6 is 24.2 Å². The standard InChI is InChI=1S/C4H10ClN.ClH/c1-2-3-4-6-5;/h6H,2-4H2,1H3;1H. The van der Waals surface area contributed by atoms with Gasteiger partial charge in [0.25, 0.3) is 0 Å². The maximum Gasteiger partial charge on any atom is 0.0108 e. The van der Waals surface area contributed by atoms with E-state index in [0.29, 0.717) is 0 Å². The molecule has 0 saturated heterocycles. The zero-order valence-corrected chi connectivity index (χ0v) is 5.98. The van der Waals surface area contributed by atoms with Gasteiger partial charge in [-0.3, -0.25) is 0 Å². The van der Waals surface area contributed by atoms with Crippen molar-refractivity contribution < 1.29 is 0 Å². The van der Waals surface area contributed by atoms with Crippen molar-refractivity contribution in [2.24, 2.45) is 0 Å². The number of hydrogen-bond acceptors (Lipinski definition) is 1. The number of nitrogens with one attached hydrogen (secondary N) is 1. The van der Waals surface area contributed by atoms with Crippen LogP contribution in [0, 0.1) is 0 Å². The zero-order valence-electron chi connectivity index (χ0n) is 4.41. The summed E-state index contributed by atoms with van der Waals surface area (Å²) in [5.41, 5.74) is 0. The topological polar surface area (TPSA) is 12.0 Å². The molecule has 3 heteroatoms. The largest absolute Gasteiger partial charge is 0.234 e. The molecular weight excluding hydrogens is 133 g/mol. The van der Waals surface area contributed by atoms with Crippen LogP contribution in [-0.2, 0) is 0 Å². The molecule has 0 aromatic heterocycles. The summed E-state index contributed by atoms with van der Waals surface area (Å²) in [6.45, 7) is 3.06. The van der Waals surface area contributed by atoms with Crippen molar-refractivity contribution in [2.45, 2.75) is 19.8 Å². The summed E-state index contributed by atoms with van der Waals surface area (Å²) in [6, 6.07) is 0. The Morgan fingerprint density at radius 2 is 2.14 bits per heavy atom. The molecule has 0 spiro atoms. The minimum absolute atomic E-state index is 0. The average molecular weight is 144 g/mol. The van der Waals surface area contributed by atoms with E-state index in [2.05, 4.69) is 11.8 Å². The molecule has 0 unspecified atom stereocenters. The molecule has 0 saturated carbocycles. The van der Waals surface area contributed by atoms with Gasteiger partial charge in [-0.05, 0) is 18.2 Å². The molecule has 0 aliphatic rings. The highest BCUT2D eigenvalue weighted by Gasteiger charge is 1.74. The van der Waals surface area contributed by atoms with Crippen LogP contribution in [0.15, 0.2) is 0 Å². The Bertz CT molecular complexity index is 21.7. The molecule has 46 valence electrons. The summed E-state index contributed by atoms with van der Waals surface area (Å²) in [5.74, 6) is 0. The van der Waals surface area contributed by atoms with Gasteiger partial charge in [0, 0.05) is 6.54 Å². The molecule has 0 bridgehead atoms. The van der Waals surface area contributed by atoms with Gasteiger partial charge in [-0.2, -0.15) is 0 Å². The van der Waals surface area contributed by atoms with Gasteiger partial charge < -0.3 is 0 Å². The predicted molar refractivity (Wildman–Crippen MR) is 36.0 cm³/mol. The highest BCUT2D eigenvalue weighted by Crippen LogP contribution is 1.81. The van der Waals surface area contributed by atoms with Gasteiger partial charge in [-0.15, -0.1) is 12.4 Å². The molecular formula is C4H11Cl2N. The van der Waals surface area contributed by atoms with Crippen molar-refractivity contribution in [3.05, 3.63) is 0 Å².